The van der Waals surface area contributed by atoms with Gasteiger partial charge in [0.05, 0.1) is 6.61 Å². The van der Waals surface area contributed by atoms with E-state index in [1.54, 1.807) is 0 Å². The molecule has 0 saturated heterocycles. The van der Waals surface area contributed by atoms with Crippen LogP contribution in [0.5, 0.6) is 0 Å². The molecule has 1 aliphatic carbocycles. The second-order valence-corrected chi connectivity index (χ2v) is 3.45. The van der Waals surface area contributed by atoms with Gasteiger partial charge in [-0.3, -0.25) is 4.79 Å². The van der Waals surface area contributed by atoms with Gasteiger partial charge in [0, 0.05) is 0 Å². The topological polar surface area (TPSA) is 26.3 Å². The lowest BCUT2D eigenvalue weighted by molar-refractivity contribution is -0.130. The molecule has 1 atom stereocenters. The van der Waals surface area contributed by atoms with E-state index < -0.39 is 0 Å². The molecule has 64 valence electrons. The smallest absolute Gasteiger partial charge is 0.293 e. The quantitative estimate of drug-likeness (QED) is 0.582. The Balaban J connectivity index is 2.16. The third-order valence-electron chi connectivity index (χ3n) is 2.63. The van der Waals surface area contributed by atoms with E-state index in [0.717, 1.165) is 5.92 Å². The fraction of sp³-hybridized carbons (Fsp3) is 0.889. The van der Waals surface area contributed by atoms with Gasteiger partial charge in [0.1, 0.15) is 0 Å². The minimum absolute atomic E-state index is 0.547. The van der Waals surface area contributed by atoms with Crippen LogP contribution in [0.3, 0.4) is 0 Å². The van der Waals surface area contributed by atoms with Crippen LogP contribution in [0.4, 0.5) is 0 Å². The summed E-state index contributed by atoms with van der Waals surface area (Å²) in [7, 11) is 0. The fourth-order valence-corrected chi connectivity index (χ4v) is 1.85. The molecule has 1 rings (SSSR count). The van der Waals surface area contributed by atoms with Crippen LogP contribution in [-0.2, 0) is 9.53 Å². The summed E-state index contributed by atoms with van der Waals surface area (Å²) in [5, 5.41) is 0. The van der Waals surface area contributed by atoms with Gasteiger partial charge < -0.3 is 4.74 Å². The van der Waals surface area contributed by atoms with Crippen molar-refractivity contribution in [3.05, 3.63) is 0 Å². The predicted molar refractivity (Wildman–Crippen MR) is 43.1 cm³/mol. The third-order valence-corrected chi connectivity index (χ3v) is 2.63. The zero-order valence-corrected chi connectivity index (χ0v) is 7.08. The second kappa shape index (κ2) is 4.37. The average Bonchev–Trinajstić information content (AvgIpc) is 2.52. The van der Waals surface area contributed by atoms with Crippen LogP contribution in [0.2, 0.25) is 0 Å². The number of carbonyl (C=O) groups is 1. The molecule has 2 nitrogen and oxygen atoms in total. The first-order chi connectivity index (χ1) is 5.34. The molecule has 0 aromatic rings. The number of ether oxygens (including phenoxy) is 1. The Hall–Kier alpha value is -0.530. The normalized spacial score (nSPS) is 21.5. The van der Waals surface area contributed by atoms with E-state index in [0.29, 0.717) is 19.0 Å². The molecule has 0 aliphatic heterocycles. The molecule has 0 spiro atoms. The van der Waals surface area contributed by atoms with Gasteiger partial charge in [-0.05, 0) is 11.8 Å². The Labute approximate surface area is 67.9 Å². The van der Waals surface area contributed by atoms with Crippen LogP contribution in [0.1, 0.15) is 32.6 Å². The van der Waals surface area contributed by atoms with Crippen molar-refractivity contribution in [2.24, 2.45) is 11.8 Å². The maximum atomic E-state index is 9.90. The Kier molecular flexibility index (Phi) is 3.40. The van der Waals surface area contributed by atoms with Crippen LogP contribution in [0.15, 0.2) is 0 Å². The van der Waals surface area contributed by atoms with Crippen molar-refractivity contribution < 1.29 is 9.53 Å². The van der Waals surface area contributed by atoms with E-state index in [-0.39, 0.29) is 0 Å². The van der Waals surface area contributed by atoms with Crippen LogP contribution < -0.4 is 0 Å². The summed E-state index contributed by atoms with van der Waals surface area (Å²) >= 11 is 0. The summed E-state index contributed by atoms with van der Waals surface area (Å²) in [5.41, 5.74) is 0. The van der Waals surface area contributed by atoms with Gasteiger partial charge in [0.2, 0.25) is 0 Å². The van der Waals surface area contributed by atoms with E-state index in [9.17, 15) is 4.79 Å². The van der Waals surface area contributed by atoms with Crippen molar-refractivity contribution in [3.8, 4) is 0 Å². The van der Waals surface area contributed by atoms with Crippen LogP contribution >= 0.6 is 0 Å². The zero-order chi connectivity index (χ0) is 8.10. The highest BCUT2D eigenvalue weighted by atomic mass is 16.5. The number of hydrogen-bond donors (Lipinski definition) is 0. The minimum atomic E-state index is 0.547. The largest absolute Gasteiger partial charge is 0.468 e. The SMILES string of the molecule is CC(COC=O)C1CCCC1. The van der Waals surface area contributed by atoms with Gasteiger partial charge in [0.25, 0.3) is 6.47 Å². The lowest BCUT2D eigenvalue weighted by Crippen LogP contribution is -2.13. The van der Waals surface area contributed by atoms with Crippen molar-refractivity contribution in [2.75, 3.05) is 6.61 Å². The summed E-state index contributed by atoms with van der Waals surface area (Å²) < 4.78 is 4.73. The van der Waals surface area contributed by atoms with Gasteiger partial charge in [0.15, 0.2) is 0 Å². The lowest BCUT2D eigenvalue weighted by atomic mass is 9.93. The van der Waals surface area contributed by atoms with Crippen LogP contribution in [0, 0.1) is 11.8 Å². The molecule has 1 aliphatic rings. The third kappa shape index (κ3) is 2.52. The number of hydrogen-bond acceptors (Lipinski definition) is 2. The molecule has 0 N–H and O–H groups in total. The van der Waals surface area contributed by atoms with E-state index in [1.807, 2.05) is 0 Å². The summed E-state index contributed by atoms with van der Waals surface area (Å²) in [6.45, 7) is 3.32. The van der Waals surface area contributed by atoms with Crippen molar-refractivity contribution in [3.63, 3.8) is 0 Å². The zero-order valence-electron chi connectivity index (χ0n) is 7.08. The Morgan fingerprint density at radius 1 is 1.55 bits per heavy atom. The maximum absolute atomic E-state index is 9.90. The molecular weight excluding hydrogens is 140 g/mol. The highest BCUT2D eigenvalue weighted by Gasteiger charge is 2.21. The first-order valence-corrected chi connectivity index (χ1v) is 4.40. The average molecular weight is 156 g/mol. The first-order valence-electron chi connectivity index (χ1n) is 4.40. The standard InChI is InChI=1S/C9H16O2/c1-8(6-11-7-10)9-4-2-3-5-9/h7-9H,2-6H2,1H3. The number of carbonyl (C=O) groups excluding carboxylic acids is 1. The molecule has 0 aromatic heterocycles. The van der Waals surface area contributed by atoms with Crippen molar-refractivity contribution in [1.29, 1.82) is 0 Å². The molecule has 0 aromatic carbocycles. The summed E-state index contributed by atoms with van der Waals surface area (Å²) in [5.74, 6) is 1.36. The highest BCUT2D eigenvalue weighted by Crippen LogP contribution is 2.30. The van der Waals surface area contributed by atoms with Crippen molar-refractivity contribution in [2.45, 2.75) is 32.6 Å². The second-order valence-electron chi connectivity index (χ2n) is 3.45. The molecule has 2 heteroatoms. The van der Waals surface area contributed by atoms with Crippen LogP contribution in [0.25, 0.3) is 0 Å². The molecule has 0 radical (unpaired) electrons. The van der Waals surface area contributed by atoms with E-state index >= 15 is 0 Å². The van der Waals surface area contributed by atoms with Gasteiger partial charge in [-0.1, -0.05) is 32.6 Å². The van der Waals surface area contributed by atoms with Gasteiger partial charge in [-0.2, -0.15) is 0 Å². The van der Waals surface area contributed by atoms with Gasteiger partial charge >= 0.3 is 0 Å². The van der Waals surface area contributed by atoms with Gasteiger partial charge in [-0.25, -0.2) is 0 Å². The Bertz CT molecular complexity index is 117. The monoisotopic (exact) mass is 156 g/mol. The fourth-order valence-electron chi connectivity index (χ4n) is 1.85. The molecule has 1 unspecified atom stereocenters. The summed E-state index contributed by atoms with van der Waals surface area (Å²) in [4.78, 5) is 9.90. The summed E-state index contributed by atoms with van der Waals surface area (Å²) in [6.07, 6.45) is 5.36. The molecular formula is C9H16O2. The lowest BCUT2D eigenvalue weighted by Gasteiger charge is -2.16. The van der Waals surface area contributed by atoms with Gasteiger partial charge in [-0.15, -0.1) is 0 Å². The molecule has 0 heterocycles. The van der Waals surface area contributed by atoms with E-state index in [2.05, 4.69) is 6.92 Å². The first kappa shape index (κ1) is 8.57. The molecule has 1 fully saturated rings. The van der Waals surface area contributed by atoms with Crippen LogP contribution in [-0.4, -0.2) is 13.1 Å². The van der Waals surface area contributed by atoms with E-state index in [4.69, 9.17) is 4.74 Å². The molecule has 0 amide bonds. The van der Waals surface area contributed by atoms with Crippen molar-refractivity contribution >= 4 is 6.47 Å². The van der Waals surface area contributed by atoms with Crippen molar-refractivity contribution in [1.82, 2.24) is 0 Å². The Morgan fingerprint density at radius 2 is 2.18 bits per heavy atom. The highest BCUT2D eigenvalue weighted by molar-refractivity contribution is 5.36. The summed E-state index contributed by atoms with van der Waals surface area (Å²) in [6, 6.07) is 0. The predicted octanol–water partition coefficient (Wildman–Crippen LogP) is 1.99. The molecule has 11 heavy (non-hydrogen) atoms. The molecule has 0 bridgehead atoms. The Morgan fingerprint density at radius 3 is 2.73 bits per heavy atom. The minimum Gasteiger partial charge on any atom is -0.468 e. The maximum Gasteiger partial charge on any atom is 0.293 e. The van der Waals surface area contributed by atoms with E-state index in [1.165, 1.54) is 25.7 Å². The molecule has 1 saturated carbocycles. The number of rotatable bonds is 4.